The summed E-state index contributed by atoms with van der Waals surface area (Å²) in [5.74, 6) is -0.668. The molecule has 0 fully saturated rings. The molecule has 0 atom stereocenters. The third kappa shape index (κ3) is 34.5. The molecule has 0 saturated carbocycles. The Morgan fingerprint density at radius 3 is 1.00 bits per heavy atom. The zero-order valence-electron chi connectivity index (χ0n) is 25.2. The molecular formula is C34H65KO3. The van der Waals surface area contributed by atoms with Crippen molar-refractivity contribution in [3.8, 4) is 0 Å². The van der Waals surface area contributed by atoms with Gasteiger partial charge in [0.15, 0.2) is 0 Å². The van der Waals surface area contributed by atoms with E-state index in [1.54, 1.807) is 0 Å². The van der Waals surface area contributed by atoms with Crippen molar-refractivity contribution in [1.29, 1.82) is 0 Å². The number of ether oxygens (including phenoxy) is 1. The fourth-order valence-corrected chi connectivity index (χ4v) is 4.86. The van der Waals surface area contributed by atoms with Crippen LogP contribution in [0.25, 0.3) is 0 Å². The maximum absolute atomic E-state index is 11.9. The second-order valence-corrected chi connectivity index (χ2v) is 11.2. The summed E-state index contributed by atoms with van der Waals surface area (Å²) in [6.07, 6.45) is 38.2. The van der Waals surface area contributed by atoms with Gasteiger partial charge in [0.2, 0.25) is 0 Å². The monoisotopic (exact) mass is 560 g/mol. The molecular weight excluding hydrogens is 495 g/mol. The van der Waals surface area contributed by atoms with Gasteiger partial charge in [0.1, 0.15) is 0 Å². The van der Waals surface area contributed by atoms with Crippen LogP contribution >= 0.6 is 0 Å². The van der Waals surface area contributed by atoms with Crippen molar-refractivity contribution < 1.29 is 14.3 Å². The Bertz CT molecular complexity index is 518. The van der Waals surface area contributed by atoms with Gasteiger partial charge in [-0.1, -0.05) is 154 Å². The van der Waals surface area contributed by atoms with Crippen molar-refractivity contribution in [3.63, 3.8) is 0 Å². The normalized spacial score (nSPS) is 11.1. The van der Waals surface area contributed by atoms with Crippen LogP contribution < -0.4 is 0 Å². The number of hydrogen-bond donors (Lipinski definition) is 0. The molecule has 0 aliphatic heterocycles. The summed E-state index contributed by atoms with van der Waals surface area (Å²) in [6.45, 7) is 4.53. The van der Waals surface area contributed by atoms with Crippen LogP contribution in [0.5, 0.6) is 0 Å². The first-order valence-electron chi connectivity index (χ1n) is 16.6. The molecule has 0 N–H and O–H groups in total. The standard InChI is InChI=1S/C34H64O3.K.H/c1-3-5-7-9-11-13-15-17-18-20-22-24-26-28-30-32-34(36)37-33(35)31-29-27-25-23-21-19-16-14-12-10-8-6-4-2;;/h17-18H,3-16,19-32H2,1-2H3;;/b18-17-;;. The average Bonchev–Trinajstić information content (AvgIpc) is 2.89. The van der Waals surface area contributed by atoms with E-state index < -0.39 is 0 Å². The predicted octanol–water partition coefficient (Wildman–Crippen LogP) is 10.9. The predicted molar refractivity (Wildman–Crippen MR) is 168 cm³/mol. The quantitative estimate of drug-likeness (QED) is 0.0300. The topological polar surface area (TPSA) is 43.4 Å². The Balaban J connectivity index is 0. The van der Waals surface area contributed by atoms with Crippen LogP contribution in [-0.2, 0) is 14.3 Å². The van der Waals surface area contributed by atoms with Gasteiger partial charge in [-0.05, 0) is 38.5 Å². The molecule has 0 amide bonds. The SMILES string of the molecule is CCCCCCCC/C=C\CCCCCCCC(=O)OC(=O)CCCCCCCCCCCCCCC.[KH]. The number of carbonyl (C=O) groups excluding carboxylic acids is 2. The van der Waals surface area contributed by atoms with Crippen molar-refractivity contribution in [3.05, 3.63) is 12.2 Å². The molecule has 0 aliphatic rings. The number of carbonyl (C=O) groups is 2. The van der Waals surface area contributed by atoms with Crippen molar-refractivity contribution in [2.75, 3.05) is 0 Å². The van der Waals surface area contributed by atoms with Crippen LogP contribution in [0.15, 0.2) is 12.2 Å². The molecule has 0 unspecified atom stereocenters. The Labute approximate surface area is 280 Å². The van der Waals surface area contributed by atoms with Crippen LogP contribution in [0.2, 0.25) is 0 Å². The molecule has 0 saturated heterocycles. The first-order valence-corrected chi connectivity index (χ1v) is 16.6. The fraction of sp³-hybridized carbons (Fsp3) is 0.882. The van der Waals surface area contributed by atoms with E-state index in [9.17, 15) is 9.59 Å². The fourth-order valence-electron chi connectivity index (χ4n) is 4.86. The summed E-state index contributed by atoms with van der Waals surface area (Å²) in [6, 6.07) is 0. The summed E-state index contributed by atoms with van der Waals surface area (Å²) in [4.78, 5) is 23.7. The van der Waals surface area contributed by atoms with Crippen LogP contribution in [-0.4, -0.2) is 63.3 Å². The van der Waals surface area contributed by atoms with E-state index in [1.165, 1.54) is 135 Å². The summed E-state index contributed by atoms with van der Waals surface area (Å²) < 4.78 is 4.99. The van der Waals surface area contributed by atoms with Crippen molar-refractivity contribution >= 4 is 63.3 Å². The summed E-state index contributed by atoms with van der Waals surface area (Å²) in [5, 5.41) is 0. The van der Waals surface area contributed by atoms with Gasteiger partial charge in [-0.3, -0.25) is 9.59 Å². The van der Waals surface area contributed by atoms with Crippen molar-refractivity contribution in [1.82, 2.24) is 0 Å². The van der Waals surface area contributed by atoms with Gasteiger partial charge in [0.05, 0.1) is 0 Å². The number of unbranched alkanes of at least 4 members (excludes halogenated alkanes) is 23. The molecule has 0 spiro atoms. The Kier molecular flexibility index (Phi) is 38.0. The first kappa shape index (κ1) is 40.7. The molecule has 0 aromatic carbocycles. The second-order valence-electron chi connectivity index (χ2n) is 11.2. The van der Waals surface area contributed by atoms with Gasteiger partial charge >= 0.3 is 63.3 Å². The van der Waals surface area contributed by atoms with E-state index in [1.807, 2.05) is 0 Å². The molecule has 38 heavy (non-hydrogen) atoms. The molecule has 4 heteroatoms. The van der Waals surface area contributed by atoms with Gasteiger partial charge in [-0.2, -0.15) is 0 Å². The van der Waals surface area contributed by atoms with Crippen LogP contribution in [0.4, 0.5) is 0 Å². The van der Waals surface area contributed by atoms with E-state index in [-0.39, 0.29) is 63.3 Å². The Morgan fingerprint density at radius 1 is 0.421 bits per heavy atom. The summed E-state index contributed by atoms with van der Waals surface area (Å²) in [5.41, 5.74) is 0. The minimum absolute atomic E-state index is 0. The number of esters is 2. The molecule has 0 bridgehead atoms. The maximum atomic E-state index is 11.9. The van der Waals surface area contributed by atoms with Crippen LogP contribution in [0.1, 0.15) is 194 Å². The molecule has 0 heterocycles. The molecule has 0 radical (unpaired) electrons. The Hall–Kier alpha value is 0.516. The molecule has 0 rings (SSSR count). The van der Waals surface area contributed by atoms with Gasteiger partial charge in [0.25, 0.3) is 0 Å². The molecule has 0 aliphatic carbocycles. The minimum atomic E-state index is -0.336. The molecule has 220 valence electrons. The summed E-state index contributed by atoms with van der Waals surface area (Å²) >= 11 is 0. The van der Waals surface area contributed by atoms with Crippen LogP contribution in [0, 0.1) is 0 Å². The second kappa shape index (κ2) is 35.5. The van der Waals surface area contributed by atoms with Gasteiger partial charge in [-0.15, -0.1) is 0 Å². The van der Waals surface area contributed by atoms with E-state index in [2.05, 4.69) is 26.0 Å². The molecule has 3 nitrogen and oxygen atoms in total. The summed E-state index contributed by atoms with van der Waals surface area (Å²) in [7, 11) is 0. The van der Waals surface area contributed by atoms with Crippen LogP contribution in [0.3, 0.4) is 0 Å². The van der Waals surface area contributed by atoms with E-state index >= 15 is 0 Å². The van der Waals surface area contributed by atoms with Crippen molar-refractivity contribution in [2.24, 2.45) is 0 Å². The zero-order valence-corrected chi connectivity index (χ0v) is 25.2. The third-order valence-electron chi connectivity index (χ3n) is 7.35. The number of hydrogen-bond acceptors (Lipinski definition) is 3. The van der Waals surface area contributed by atoms with Gasteiger partial charge in [-0.25, -0.2) is 0 Å². The molecule has 0 aromatic rings. The average molecular weight is 561 g/mol. The van der Waals surface area contributed by atoms with Gasteiger partial charge < -0.3 is 4.74 Å². The zero-order chi connectivity index (χ0) is 27.1. The van der Waals surface area contributed by atoms with E-state index in [0.29, 0.717) is 12.8 Å². The third-order valence-corrected chi connectivity index (χ3v) is 7.35. The van der Waals surface area contributed by atoms with E-state index in [0.717, 1.165) is 32.1 Å². The number of rotatable bonds is 29. The molecule has 0 aromatic heterocycles. The van der Waals surface area contributed by atoms with E-state index in [4.69, 9.17) is 4.74 Å². The van der Waals surface area contributed by atoms with Crippen molar-refractivity contribution in [2.45, 2.75) is 194 Å². The Morgan fingerprint density at radius 2 is 0.684 bits per heavy atom. The number of allylic oxidation sites excluding steroid dienone is 2. The van der Waals surface area contributed by atoms with Gasteiger partial charge in [0, 0.05) is 12.8 Å². The first-order chi connectivity index (χ1) is 18.2.